The van der Waals surface area contributed by atoms with Gasteiger partial charge in [-0.2, -0.15) is 0 Å². The number of hydrogen-bond acceptors (Lipinski definition) is 2. The molecule has 0 heterocycles. The Bertz CT molecular complexity index is 569. The number of urea groups is 1. The summed E-state index contributed by atoms with van der Waals surface area (Å²) in [6, 6.07) is 3.19. The van der Waals surface area contributed by atoms with Gasteiger partial charge in [0.05, 0.1) is 6.54 Å². The molecule has 1 fully saturated rings. The van der Waals surface area contributed by atoms with E-state index in [1.54, 1.807) is 0 Å². The van der Waals surface area contributed by atoms with Gasteiger partial charge in [-0.25, -0.2) is 13.6 Å². The van der Waals surface area contributed by atoms with E-state index in [0.29, 0.717) is 6.42 Å². The zero-order valence-corrected chi connectivity index (χ0v) is 13.4. The fraction of sp³-hybridized carbons (Fsp3) is 0.529. The Morgan fingerprint density at radius 2 is 1.83 bits per heavy atom. The molecule has 0 aromatic heterocycles. The maximum Gasteiger partial charge on any atom is 0.317 e. The van der Waals surface area contributed by atoms with Crippen LogP contribution in [0.4, 0.5) is 13.6 Å². The molecule has 0 radical (unpaired) electrons. The van der Waals surface area contributed by atoms with Gasteiger partial charge in [-0.1, -0.05) is 18.9 Å². The third-order valence-electron chi connectivity index (χ3n) is 4.26. The summed E-state index contributed by atoms with van der Waals surface area (Å²) >= 11 is 0. The minimum Gasteiger partial charge on any atom is -0.481 e. The van der Waals surface area contributed by atoms with Crippen LogP contribution in [0.3, 0.4) is 0 Å². The first kappa shape index (κ1) is 18.2. The van der Waals surface area contributed by atoms with Gasteiger partial charge in [-0.15, -0.1) is 0 Å². The summed E-state index contributed by atoms with van der Waals surface area (Å²) in [6.07, 6.45) is 3.84. The fourth-order valence-corrected chi connectivity index (χ4v) is 2.97. The van der Waals surface area contributed by atoms with Crippen molar-refractivity contribution < 1.29 is 23.5 Å². The third-order valence-corrected chi connectivity index (χ3v) is 4.26. The Labute approximate surface area is 139 Å². The highest BCUT2D eigenvalue weighted by molar-refractivity contribution is 5.74. The van der Waals surface area contributed by atoms with E-state index in [2.05, 4.69) is 5.32 Å². The predicted octanol–water partition coefficient (Wildman–Crippen LogP) is 3.28. The van der Waals surface area contributed by atoms with Gasteiger partial charge < -0.3 is 15.3 Å². The Balaban J connectivity index is 2.04. The summed E-state index contributed by atoms with van der Waals surface area (Å²) in [7, 11) is 0. The first-order valence-corrected chi connectivity index (χ1v) is 8.18. The molecule has 1 aromatic carbocycles. The number of rotatable bonds is 7. The molecule has 0 unspecified atom stereocenters. The zero-order chi connectivity index (χ0) is 17.5. The Hall–Kier alpha value is -2.18. The third kappa shape index (κ3) is 4.91. The number of benzene rings is 1. The number of aliphatic carboxylic acids is 1. The van der Waals surface area contributed by atoms with Gasteiger partial charge in [-0.05, 0) is 31.4 Å². The Kier molecular flexibility index (Phi) is 6.52. The van der Waals surface area contributed by atoms with Gasteiger partial charge in [0.1, 0.15) is 11.6 Å². The second-order valence-corrected chi connectivity index (χ2v) is 6.00. The van der Waals surface area contributed by atoms with Crippen molar-refractivity contribution in [3.63, 3.8) is 0 Å². The van der Waals surface area contributed by atoms with E-state index in [9.17, 15) is 18.4 Å². The van der Waals surface area contributed by atoms with Gasteiger partial charge >= 0.3 is 12.0 Å². The number of carboxylic acids is 1. The fourth-order valence-electron chi connectivity index (χ4n) is 2.97. The Morgan fingerprint density at radius 3 is 2.42 bits per heavy atom. The van der Waals surface area contributed by atoms with E-state index in [1.807, 2.05) is 0 Å². The van der Waals surface area contributed by atoms with E-state index in [-0.39, 0.29) is 31.1 Å². The van der Waals surface area contributed by atoms with Crippen molar-refractivity contribution >= 4 is 12.0 Å². The second kappa shape index (κ2) is 8.61. The van der Waals surface area contributed by atoms with E-state index in [0.717, 1.165) is 25.7 Å². The molecular weight excluding hydrogens is 318 g/mol. The second-order valence-electron chi connectivity index (χ2n) is 6.00. The maximum absolute atomic E-state index is 13.9. The molecule has 0 aliphatic heterocycles. The monoisotopic (exact) mass is 340 g/mol. The van der Waals surface area contributed by atoms with Gasteiger partial charge in [0, 0.05) is 24.6 Å². The van der Waals surface area contributed by atoms with Crippen LogP contribution in [0.1, 0.15) is 44.1 Å². The number of nitrogens with zero attached hydrogens (tertiary/aromatic N) is 1. The van der Waals surface area contributed by atoms with Crippen molar-refractivity contribution in [3.05, 3.63) is 35.4 Å². The highest BCUT2D eigenvalue weighted by atomic mass is 19.1. The molecule has 1 aromatic rings. The van der Waals surface area contributed by atoms with Crippen molar-refractivity contribution in [3.8, 4) is 0 Å². The molecule has 1 saturated carbocycles. The molecule has 2 rings (SSSR count). The number of carbonyl (C=O) groups is 2. The normalized spacial score (nSPS) is 14.6. The highest BCUT2D eigenvalue weighted by Gasteiger charge is 2.28. The summed E-state index contributed by atoms with van der Waals surface area (Å²) in [5.74, 6) is -2.27. The summed E-state index contributed by atoms with van der Waals surface area (Å²) in [5.41, 5.74) is -0.120. The molecule has 0 atom stereocenters. The molecule has 0 spiro atoms. The lowest BCUT2D eigenvalue weighted by molar-refractivity contribution is -0.137. The molecule has 24 heavy (non-hydrogen) atoms. The van der Waals surface area contributed by atoms with Gasteiger partial charge in [0.25, 0.3) is 0 Å². The van der Waals surface area contributed by atoms with Crippen molar-refractivity contribution in [1.29, 1.82) is 0 Å². The Morgan fingerprint density at radius 1 is 1.21 bits per heavy atom. The maximum atomic E-state index is 13.9. The van der Waals surface area contributed by atoms with Crippen LogP contribution in [0, 0.1) is 11.6 Å². The van der Waals surface area contributed by atoms with Gasteiger partial charge in [0.2, 0.25) is 0 Å². The summed E-state index contributed by atoms with van der Waals surface area (Å²) in [5, 5.41) is 11.3. The van der Waals surface area contributed by atoms with Crippen LogP contribution >= 0.6 is 0 Å². The summed E-state index contributed by atoms with van der Waals surface area (Å²) in [4.78, 5) is 24.4. The van der Waals surface area contributed by atoms with Crippen LogP contribution in [-0.2, 0) is 11.3 Å². The predicted molar refractivity (Wildman–Crippen MR) is 84.4 cm³/mol. The molecule has 5 nitrogen and oxygen atoms in total. The lowest BCUT2D eigenvalue weighted by Crippen LogP contribution is -2.45. The van der Waals surface area contributed by atoms with Crippen LogP contribution in [0.15, 0.2) is 18.2 Å². The molecule has 1 aliphatic rings. The van der Waals surface area contributed by atoms with Crippen LogP contribution in [-0.4, -0.2) is 34.6 Å². The van der Waals surface area contributed by atoms with Crippen LogP contribution in [0.25, 0.3) is 0 Å². The van der Waals surface area contributed by atoms with Crippen molar-refractivity contribution in [2.75, 3.05) is 6.54 Å². The molecular formula is C17H22F2N2O3. The molecule has 2 N–H and O–H groups in total. The average molecular weight is 340 g/mol. The van der Waals surface area contributed by atoms with E-state index in [1.165, 1.54) is 23.1 Å². The van der Waals surface area contributed by atoms with E-state index < -0.39 is 23.6 Å². The quantitative estimate of drug-likeness (QED) is 0.749. The van der Waals surface area contributed by atoms with Crippen LogP contribution < -0.4 is 5.32 Å². The van der Waals surface area contributed by atoms with Crippen LogP contribution in [0.2, 0.25) is 0 Å². The molecule has 7 heteroatoms. The number of halogens is 2. The number of carboxylic acid groups (broad SMARTS) is 1. The topological polar surface area (TPSA) is 69.6 Å². The largest absolute Gasteiger partial charge is 0.481 e. The first-order chi connectivity index (χ1) is 11.5. The molecule has 0 saturated heterocycles. The molecule has 0 bridgehead atoms. The summed E-state index contributed by atoms with van der Waals surface area (Å²) < 4.78 is 27.8. The van der Waals surface area contributed by atoms with Gasteiger partial charge in [-0.3, -0.25) is 4.79 Å². The number of carbonyl (C=O) groups excluding carboxylic acids is 1. The van der Waals surface area contributed by atoms with Crippen molar-refractivity contribution in [2.45, 2.75) is 51.1 Å². The van der Waals surface area contributed by atoms with Crippen LogP contribution in [0.5, 0.6) is 0 Å². The minimum absolute atomic E-state index is 0.0361. The SMILES string of the molecule is O=C(O)CCCNC(=O)N(Cc1c(F)cccc1F)C1CCCC1. The minimum atomic E-state index is -0.926. The first-order valence-electron chi connectivity index (χ1n) is 8.18. The number of nitrogens with one attached hydrogen (secondary N) is 1. The lowest BCUT2D eigenvalue weighted by atomic mass is 10.1. The number of amides is 2. The zero-order valence-electron chi connectivity index (χ0n) is 13.4. The number of hydrogen-bond donors (Lipinski definition) is 2. The molecule has 132 valence electrons. The lowest BCUT2D eigenvalue weighted by Gasteiger charge is -2.29. The van der Waals surface area contributed by atoms with Crippen molar-refractivity contribution in [1.82, 2.24) is 10.2 Å². The molecule has 2 amide bonds. The van der Waals surface area contributed by atoms with Crippen molar-refractivity contribution in [2.24, 2.45) is 0 Å². The molecule has 1 aliphatic carbocycles. The average Bonchev–Trinajstić information content (AvgIpc) is 3.05. The van der Waals surface area contributed by atoms with E-state index >= 15 is 0 Å². The van der Waals surface area contributed by atoms with E-state index in [4.69, 9.17) is 5.11 Å². The highest BCUT2D eigenvalue weighted by Crippen LogP contribution is 2.26. The smallest absolute Gasteiger partial charge is 0.317 e. The summed E-state index contributed by atoms with van der Waals surface area (Å²) in [6.45, 7) is 0.0854. The standard InChI is InChI=1S/C17H22F2N2O3/c18-14-7-3-8-15(19)13(14)11-21(12-5-1-2-6-12)17(24)20-10-4-9-16(22)23/h3,7-8,12H,1-2,4-6,9-11H2,(H,20,24)(H,22,23). The van der Waals surface area contributed by atoms with Gasteiger partial charge in [0.15, 0.2) is 0 Å².